The summed E-state index contributed by atoms with van der Waals surface area (Å²) in [7, 11) is 1.77. The Morgan fingerprint density at radius 3 is 2.59 bits per heavy atom. The number of nitrogens with one attached hydrogen (secondary N) is 2. The molecule has 3 rings (SSSR count). The van der Waals surface area contributed by atoms with Crippen LogP contribution in [0.5, 0.6) is 0 Å². The van der Waals surface area contributed by atoms with Gasteiger partial charge in [0.05, 0.1) is 6.54 Å². The fourth-order valence-corrected chi connectivity index (χ4v) is 3.48. The minimum Gasteiger partial charge on any atom is -0.352 e. The van der Waals surface area contributed by atoms with E-state index >= 15 is 0 Å². The van der Waals surface area contributed by atoms with Crippen LogP contribution in [0.4, 0.5) is 0 Å². The minimum absolute atomic E-state index is 0.189. The predicted octanol–water partition coefficient (Wildman–Crippen LogP) is 0.401. The van der Waals surface area contributed by atoms with Crippen molar-refractivity contribution in [1.82, 2.24) is 20.4 Å². The maximum absolute atomic E-state index is 12.2. The summed E-state index contributed by atoms with van der Waals surface area (Å²) in [6.07, 6.45) is 7.42. The summed E-state index contributed by atoms with van der Waals surface area (Å²) in [5, 5.41) is 6.65. The quantitative estimate of drug-likeness (QED) is 0.583. The largest absolute Gasteiger partial charge is 0.352 e. The average Bonchev–Trinajstić information content (AvgIpc) is 3.31. The molecule has 0 radical (unpaired) electrons. The Morgan fingerprint density at radius 2 is 1.91 bits per heavy atom. The Labute approximate surface area is 133 Å². The van der Waals surface area contributed by atoms with Gasteiger partial charge in [-0.15, -0.1) is 0 Å². The van der Waals surface area contributed by atoms with Crippen LogP contribution in [-0.4, -0.2) is 73.5 Å². The van der Waals surface area contributed by atoms with E-state index in [1.165, 1.54) is 25.8 Å². The molecule has 124 valence electrons. The van der Waals surface area contributed by atoms with Gasteiger partial charge in [-0.3, -0.25) is 14.7 Å². The summed E-state index contributed by atoms with van der Waals surface area (Å²) in [4.78, 5) is 21.0. The third-order valence-electron chi connectivity index (χ3n) is 4.96. The number of piperidine rings is 1. The predicted molar refractivity (Wildman–Crippen MR) is 87.9 cm³/mol. The number of rotatable bonds is 4. The second-order valence-electron chi connectivity index (χ2n) is 6.72. The van der Waals surface area contributed by atoms with Gasteiger partial charge in [-0.05, 0) is 38.5 Å². The van der Waals surface area contributed by atoms with Crippen molar-refractivity contribution < 1.29 is 4.79 Å². The normalized spacial score (nSPS) is 27.0. The van der Waals surface area contributed by atoms with Gasteiger partial charge in [0, 0.05) is 45.3 Å². The number of likely N-dealkylation sites (tertiary alicyclic amines) is 2. The topological polar surface area (TPSA) is 60.0 Å². The molecule has 0 aromatic carbocycles. The molecule has 0 aromatic heterocycles. The molecule has 2 saturated heterocycles. The van der Waals surface area contributed by atoms with Crippen LogP contribution in [0.3, 0.4) is 0 Å². The highest BCUT2D eigenvalue weighted by Gasteiger charge is 2.34. The van der Waals surface area contributed by atoms with Crippen LogP contribution in [0.15, 0.2) is 4.99 Å². The molecular formula is C16H29N5O. The van der Waals surface area contributed by atoms with Crippen molar-refractivity contribution in [2.75, 3.05) is 39.8 Å². The van der Waals surface area contributed by atoms with Crippen molar-refractivity contribution >= 4 is 11.9 Å². The maximum atomic E-state index is 12.2. The molecule has 2 N–H and O–H groups in total. The van der Waals surface area contributed by atoms with E-state index in [-0.39, 0.29) is 5.91 Å². The van der Waals surface area contributed by atoms with Gasteiger partial charge in [0.15, 0.2) is 5.96 Å². The number of hydrogen-bond donors (Lipinski definition) is 2. The number of carbonyl (C=O) groups is 1. The molecule has 6 nitrogen and oxygen atoms in total. The summed E-state index contributed by atoms with van der Waals surface area (Å²) in [6.45, 7) is 4.45. The van der Waals surface area contributed by atoms with Crippen molar-refractivity contribution in [3.8, 4) is 0 Å². The number of carbonyl (C=O) groups excluding carboxylic acids is 1. The number of guanidine groups is 1. The van der Waals surface area contributed by atoms with E-state index in [4.69, 9.17) is 0 Å². The first-order chi connectivity index (χ1) is 10.8. The van der Waals surface area contributed by atoms with Crippen molar-refractivity contribution in [2.24, 2.45) is 4.99 Å². The Bertz CT molecular complexity index is 415. The first kappa shape index (κ1) is 15.6. The van der Waals surface area contributed by atoms with Gasteiger partial charge < -0.3 is 15.5 Å². The molecule has 22 heavy (non-hydrogen) atoms. The Kier molecular flexibility index (Phi) is 5.18. The van der Waals surface area contributed by atoms with Crippen LogP contribution in [0.2, 0.25) is 0 Å². The van der Waals surface area contributed by atoms with E-state index in [0.717, 1.165) is 50.9 Å². The lowest BCUT2D eigenvalue weighted by atomic mass is 10.1. The Morgan fingerprint density at radius 1 is 1.14 bits per heavy atom. The molecular weight excluding hydrogens is 278 g/mol. The maximum Gasteiger partial charge on any atom is 0.241 e. The molecule has 0 bridgehead atoms. The summed E-state index contributed by atoms with van der Waals surface area (Å²) < 4.78 is 0. The van der Waals surface area contributed by atoms with Gasteiger partial charge in [-0.1, -0.05) is 0 Å². The third kappa shape index (κ3) is 4.12. The van der Waals surface area contributed by atoms with E-state index in [1.54, 1.807) is 7.05 Å². The van der Waals surface area contributed by atoms with E-state index in [9.17, 15) is 4.79 Å². The van der Waals surface area contributed by atoms with Crippen LogP contribution in [-0.2, 0) is 4.79 Å². The molecule has 1 atom stereocenters. The molecule has 0 spiro atoms. The lowest BCUT2D eigenvalue weighted by Crippen LogP contribution is -2.49. The van der Waals surface area contributed by atoms with Crippen molar-refractivity contribution in [2.45, 2.75) is 50.6 Å². The van der Waals surface area contributed by atoms with Crippen LogP contribution in [0, 0.1) is 0 Å². The van der Waals surface area contributed by atoms with E-state index < -0.39 is 0 Å². The van der Waals surface area contributed by atoms with Gasteiger partial charge >= 0.3 is 0 Å². The monoisotopic (exact) mass is 307 g/mol. The molecule has 3 aliphatic rings. The van der Waals surface area contributed by atoms with Crippen molar-refractivity contribution in [3.05, 3.63) is 0 Å². The van der Waals surface area contributed by atoms with Gasteiger partial charge in [-0.25, -0.2) is 0 Å². The average molecular weight is 307 g/mol. The zero-order valence-corrected chi connectivity index (χ0v) is 13.7. The zero-order chi connectivity index (χ0) is 15.4. The molecule has 3 fully saturated rings. The minimum atomic E-state index is 0.189. The van der Waals surface area contributed by atoms with Gasteiger partial charge in [0.1, 0.15) is 0 Å². The van der Waals surface area contributed by atoms with Crippen LogP contribution in [0.1, 0.15) is 38.5 Å². The number of amides is 1. The van der Waals surface area contributed by atoms with Crippen LogP contribution >= 0.6 is 0 Å². The highest BCUT2D eigenvalue weighted by Crippen LogP contribution is 2.29. The first-order valence-electron chi connectivity index (χ1n) is 8.75. The summed E-state index contributed by atoms with van der Waals surface area (Å²) in [5.74, 6) is 0.946. The molecule has 1 aliphatic carbocycles. The van der Waals surface area contributed by atoms with E-state index in [1.807, 2.05) is 4.90 Å². The van der Waals surface area contributed by atoms with E-state index in [0.29, 0.717) is 12.6 Å². The number of nitrogens with zero attached hydrogens (tertiary/aromatic N) is 3. The molecule has 0 aromatic rings. The number of aliphatic imine (C=N–C) groups is 1. The second-order valence-corrected chi connectivity index (χ2v) is 6.72. The summed E-state index contributed by atoms with van der Waals surface area (Å²) >= 11 is 0. The first-order valence-corrected chi connectivity index (χ1v) is 8.75. The Balaban J connectivity index is 1.39. The molecule has 1 unspecified atom stereocenters. The smallest absolute Gasteiger partial charge is 0.241 e. The van der Waals surface area contributed by atoms with Crippen molar-refractivity contribution in [3.63, 3.8) is 0 Å². The van der Waals surface area contributed by atoms with Crippen molar-refractivity contribution in [1.29, 1.82) is 0 Å². The molecule has 1 saturated carbocycles. The highest BCUT2D eigenvalue weighted by molar-refractivity contribution is 5.86. The third-order valence-corrected chi connectivity index (χ3v) is 4.96. The van der Waals surface area contributed by atoms with Gasteiger partial charge in [0.2, 0.25) is 5.91 Å². The lowest BCUT2D eigenvalue weighted by molar-refractivity contribution is -0.130. The Hall–Kier alpha value is -1.30. The highest BCUT2D eigenvalue weighted by atomic mass is 16.2. The summed E-state index contributed by atoms with van der Waals surface area (Å²) in [6, 6.07) is 1.29. The van der Waals surface area contributed by atoms with Gasteiger partial charge in [0.25, 0.3) is 0 Å². The van der Waals surface area contributed by atoms with Gasteiger partial charge in [-0.2, -0.15) is 0 Å². The second kappa shape index (κ2) is 7.31. The van der Waals surface area contributed by atoms with Crippen LogP contribution < -0.4 is 10.6 Å². The summed E-state index contributed by atoms with van der Waals surface area (Å²) in [5.41, 5.74) is 0. The van der Waals surface area contributed by atoms with E-state index in [2.05, 4.69) is 20.5 Å². The standard InChI is InChI=1S/C16H29N5O/c1-17-16(18-11-15(22)20-8-3-2-4-9-20)19-13-7-10-21(12-13)14-5-6-14/h13-14H,2-12H2,1H3,(H2,17,18,19). The molecule has 6 heteroatoms. The lowest BCUT2D eigenvalue weighted by Gasteiger charge is -2.27. The van der Waals surface area contributed by atoms with Crippen LogP contribution in [0.25, 0.3) is 0 Å². The fourth-order valence-electron chi connectivity index (χ4n) is 3.48. The molecule has 2 aliphatic heterocycles. The fraction of sp³-hybridized carbons (Fsp3) is 0.875. The molecule has 2 heterocycles. The zero-order valence-electron chi connectivity index (χ0n) is 13.7. The molecule has 1 amide bonds. The number of hydrogen-bond acceptors (Lipinski definition) is 3. The SMILES string of the molecule is CN=C(NCC(=O)N1CCCCC1)NC1CCN(C2CC2)C1.